The summed E-state index contributed by atoms with van der Waals surface area (Å²) < 4.78 is 22.2. The largest absolute Gasteiger partial charge is 0.370 e. The van der Waals surface area contributed by atoms with Crippen LogP contribution < -0.4 is 5.32 Å². The second-order valence-electron chi connectivity index (χ2n) is 4.32. The first-order valence-corrected chi connectivity index (χ1v) is 8.02. The van der Waals surface area contributed by atoms with Crippen molar-refractivity contribution in [3.05, 3.63) is 23.9 Å². The maximum Gasteiger partial charge on any atom is 0.253 e. The van der Waals surface area contributed by atoms with Gasteiger partial charge in [-0.3, -0.25) is 4.79 Å². The summed E-state index contributed by atoms with van der Waals surface area (Å²) in [5.41, 5.74) is 0.488. The van der Waals surface area contributed by atoms with Crippen LogP contribution in [0.4, 0.5) is 5.82 Å². The van der Waals surface area contributed by atoms with Crippen LogP contribution in [-0.2, 0) is 9.84 Å². The first-order chi connectivity index (χ1) is 8.83. The van der Waals surface area contributed by atoms with Gasteiger partial charge in [0.25, 0.3) is 5.91 Å². The third-order valence-corrected chi connectivity index (χ3v) is 3.43. The van der Waals surface area contributed by atoms with Crippen LogP contribution in [0.3, 0.4) is 0 Å². The Hall–Kier alpha value is -1.63. The molecule has 0 bridgehead atoms. The molecule has 1 N–H and O–H groups in total. The zero-order valence-electron chi connectivity index (χ0n) is 11.4. The van der Waals surface area contributed by atoms with Gasteiger partial charge in [-0.05, 0) is 19.1 Å². The number of carbonyl (C=O) groups is 1. The minimum atomic E-state index is -3.07. The zero-order chi connectivity index (χ0) is 14.5. The smallest absolute Gasteiger partial charge is 0.253 e. The van der Waals surface area contributed by atoms with Gasteiger partial charge in [-0.1, -0.05) is 0 Å². The molecule has 1 amide bonds. The van der Waals surface area contributed by atoms with E-state index >= 15 is 0 Å². The second-order valence-corrected chi connectivity index (χ2v) is 6.58. The standard InChI is InChI=1S/C12H19N3O3S/c1-4-13-11-9-10(5-6-14-11)12(16)15(2)7-8-19(3,17)18/h5-6,9H,4,7-8H2,1-3H3,(H,13,14). The van der Waals surface area contributed by atoms with Crippen LogP contribution in [0.1, 0.15) is 17.3 Å². The fourth-order valence-corrected chi connectivity index (χ4v) is 2.07. The maximum absolute atomic E-state index is 12.1. The zero-order valence-corrected chi connectivity index (χ0v) is 12.2. The molecule has 0 aliphatic heterocycles. The normalized spacial score (nSPS) is 11.1. The molecular formula is C12H19N3O3S. The number of sulfone groups is 1. The first kappa shape index (κ1) is 15.4. The monoisotopic (exact) mass is 285 g/mol. The number of aromatic nitrogens is 1. The summed E-state index contributed by atoms with van der Waals surface area (Å²) in [4.78, 5) is 17.6. The third kappa shape index (κ3) is 5.25. The van der Waals surface area contributed by atoms with Crippen molar-refractivity contribution in [2.24, 2.45) is 0 Å². The lowest BCUT2D eigenvalue weighted by Gasteiger charge is -2.16. The molecular weight excluding hydrogens is 266 g/mol. The molecule has 106 valence electrons. The van der Waals surface area contributed by atoms with Crippen molar-refractivity contribution < 1.29 is 13.2 Å². The molecule has 7 heteroatoms. The molecule has 0 aliphatic rings. The van der Waals surface area contributed by atoms with Crippen LogP contribution in [0.2, 0.25) is 0 Å². The number of anilines is 1. The lowest BCUT2D eigenvalue weighted by Crippen LogP contribution is -2.31. The summed E-state index contributed by atoms with van der Waals surface area (Å²) in [6.07, 6.45) is 2.71. The van der Waals surface area contributed by atoms with E-state index in [1.807, 2.05) is 6.92 Å². The molecule has 0 fully saturated rings. The SMILES string of the molecule is CCNc1cc(C(=O)N(C)CCS(C)(=O)=O)ccn1. The summed E-state index contributed by atoms with van der Waals surface area (Å²) in [5, 5.41) is 3.02. The topological polar surface area (TPSA) is 79.4 Å². The van der Waals surface area contributed by atoms with Crippen LogP contribution in [0.5, 0.6) is 0 Å². The summed E-state index contributed by atoms with van der Waals surface area (Å²) in [6.45, 7) is 2.83. The molecule has 0 aromatic carbocycles. The Kier molecular flexibility index (Phi) is 5.29. The van der Waals surface area contributed by atoms with E-state index in [0.717, 1.165) is 6.26 Å². The number of nitrogens with one attached hydrogen (secondary N) is 1. The second kappa shape index (κ2) is 6.51. The molecule has 19 heavy (non-hydrogen) atoms. The predicted octanol–water partition coefficient (Wildman–Crippen LogP) is 0.630. The van der Waals surface area contributed by atoms with Gasteiger partial charge in [0, 0.05) is 38.2 Å². The van der Waals surface area contributed by atoms with E-state index in [0.29, 0.717) is 17.9 Å². The number of carbonyl (C=O) groups excluding carboxylic acids is 1. The van der Waals surface area contributed by atoms with Gasteiger partial charge in [0.05, 0.1) is 5.75 Å². The number of pyridine rings is 1. The minimum absolute atomic E-state index is 0.0413. The summed E-state index contributed by atoms with van der Waals surface area (Å²) >= 11 is 0. The molecule has 0 unspecified atom stereocenters. The van der Waals surface area contributed by atoms with Gasteiger partial charge in [0.15, 0.2) is 0 Å². The van der Waals surface area contributed by atoms with Crippen LogP contribution in [-0.4, -0.2) is 56.4 Å². The molecule has 1 heterocycles. The van der Waals surface area contributed by atoms with Crippen molar-refractivity contribution in [2.75, 3.05) is 37.5 Å². The molecule has 1 aromatic heterocycles. The summed E-state index contributed by atoms with van der Waals surface area (Å²) in [5.74, 6) is 0.371. The molecule has 0 saturated heterocycles. The van der Waals surface area contributed by atoms with Gasteiger partial charge in [-0.15, -0.1) is 0 Å². The summed E-state index contributed by atoms with van der Waals surface area (Å²) in [7, 11) is -1.49. The molecule has 0 aliphatic carbocycles. The molecule has 0 atom stereocenters. The van der Waals surface area contributed by atoms with Crippen LogP contribution >= 0.6 is 0 Å². The maximum atomic E-state index is 12.1. The Bertz CT molecular complexity index is 543. The number of amides is 1. The molecule has 1 rings (SSSR count). The van der Waals surface area contributed by atoms with Crippen molar-refractivity contribution in [2.45, 2.75) is 6.92 Å². The number of rotatable bonds is 6. The van der Waals surface area contributed by atoms with Gasteiger partial charge >= 0.3 is 0 Å². The average molecular weight is 285 g/mol. The Balaban J connectivity index is 2.73. The van der Waals surface area contributed by atoms with E-state index in [4.69, 9.17) is 0 Å². The number of hydrogen-bond acceptors (Lipinski definition) is 5. The van der Waals surface area contributed by atoms with Crippen LogP contribution in [0.25, 0.3) is 0 Å². The Morgan fingerprint density at radius 2 is 2.16 bits per heavy atom. The summed E-state index contributed by atoms with van der Waals surface area (Å²) in [6, 6.07) is 3.27. The van der Waals surface area contributed by atoms with Gasteiger partial charge in [-0.25, -0.2) is 13.4 Å². The molecule has 0 radical (unpaired) electrons. The Labute approximate surface area is 113 Å². The van der Waals surface area contributed by atoms with E-state index in [9.17, 15) is 13.2 Å². The van der Waals surface area contributed by atoms with E-state index in [1.165, 1.54) is 4.90 Å². The van der Waals surface area contributed by atoms with Crippen molar-refractivity contribution in [3.8, 4) is 0 Å². The van der Waals surface area contributed by atoms with Crippen molar-refractivity contribution in [1.82, 2.24) is 9.88 Å². The van der Waals surface area contributed by atoms with Gasteiger partial charge in [0.2, 0.25) is 0 Å². The highest BCUT2D eigenvalue weighted by molar-refractivity contribution is 7.90. The van der Waals surface area contributed by atoms with Gasteiger partial charge < -0.3 is 10.2 Å². The van der Waals surface area contributed by atoms with Crippen molar-refractivity contribution in [1.29, 1.82) is 0 Å². The Morgan fingerprint density at radius 3 is 2.74 bits per heavy atom. The fourth-order valence-electron chi connectivity index (χ4n) is 1.47. The number of hydrogen-bond donors (Lipinski definition) is 1. The van der Waals surface area contributed by atoms with Crippen molar-refractivity contribution >= 4 is 21.6 Å². The first-order valence-electron chi connectivity index (χ1n) is 5.96. The van der Waals surface area contributed by atoms with Crippen LogP contribution in [0.15, 0.2) is 18.3 Å². The lowest BCUT2D eigenvalue weighted by atomic mass is 10.2. The van der Waals surface area contributed by atoms with E-state index in [2.05, 4.69) is 10.3 Å². The minimum Gasteiger partial charge on any atom is -0.370 e. The highest BCUT2D eigenvalue weighted by Gasteiger charge is 2.14. The fraction of sp³-hybridized carbons (Fsp3) is 0.500. The van der Waals surface area contributed by atoms with Crippen LogP contribution in [0, 0.1) is 0 Å². The Morgan fingerprint density at radius 1 is 1.47 bits per heavy atom. The highest BCUT2D eigenvalue weighted by Crippen LogP contribution is 2.09. The van der Waals surface area contributed by atoms with Crippen molar-refractivity contribution in [3.63, 3.8) is 0 Å². The van der Waals surface area contributed by atoms with Gasteiger partial charge in [0.1, 0.15) is 15.7 Å². The molecule has 6 nitrogen and oxygen atoms in total. The highest BCUT2D eigenvalue weighted by atomic mass is 32.2. The average Bonchev–Trinajstić information content (AvgIpc) is 2.35. The molecule has 0 saturated carbocycles. The molecule has 0 spiro atoms. The van der Waals surface area contributed by atoms with E-state index < -0.39 is 9.84 Å². The van der Waals surface area contributed by atoms with E-state index in [1.54, 1.807) is 25.4 Å². The predicted molar refractivity (Wildman–Crippen MR) is 75.1 cm³/mol. The van der Waals surface area contributed by atoms with Gasteiger partial charge in [-0.2, -0.15) is 0 Å². The van der Waals surface area contributed by atoms with E-state index in [-0.39, 0.29) is 18.2 Å². The quantitative estimate of drug-likeness (QED) is 0.829. The lowest BCUT2D eigenvalue weighted by molar-refractivity contribution is 0.0803. The number of nitrogens with zero attached hydrogens (tertiary/aromatic N) is 2. The third-order valence-electron chi connectivity index (χ3n) is 2.51. The molecule has 1 aromatic rings.